The number of rotatable bonds is 4. The summed E-state index contributed by atoms with van der Waals surface area (Å²) in [5.74, 6) is -1.70. The van der Waals surface area contributed by atoms with Crippen LogP contribution in [0.4, 0.5) is 0 Å². The maximum absolute atomic E-state index is 11.2. The predicted octanol–water partition coefficient (Wildman–Crippen LogP) is -1.76. The van der Waals surface area contributed by atoms with E-state index in [1.165, 1.54) is 14.0 Å². The Kier molecular flexibility index (Phi) is 4.36. The Bertz CT molecular complexity index is 205. The lowest BCUT2D eigenvalue weighted by Crippen LogP contribution is -2.49. The van der Waals surface area contributed by atoms with Crippen LogP contribution >= 0.6 is 0 Å². The van der Waals surface area contributed by atoms with E-state index in [1.54, 1.807) is 0 Å². The SMILES string of the molecule is C[C@@H](O)[C@H](N)C(=O)N(C)CC(=O)O. The smallest absolute Gasteiger partial charge is 0.323 e. The Morgan fingerprint density at radius 3 is 2.31 bits per heavy atom. The molecule has 0 saturated carbocycles. The number of carboxylic acids is 1. The Morgan fingerprint density at radius 1 is 1.54 bits per heavy atom. The van der Waals surface area contributed by atoms with Crippen LogP contribution < -0.4 is 5.73 Å². The number of aliphatic hydroxyl groups excluding tert-OH is 1. The van der Waals surface area contributed by atoms with Gasteiger partial charge in [0.25, 0.3) is 0 Å². The van der Waals surface area contributed by atoms with Crippen molar-refractivity contribution in [2.24, 2.45) is 5.73 Å². The molecule has 0 rings (SSSR count). The van der Waals surface area contributed by atoms with Crippen LogP contribution in [0.1, 0.15) is 6.92 Å². The standard InChI is InChI=1S/C7H14N2O4/c1-4(10)6(8)7(13)9(2)3-5(11)12/h4,6,10H,3,8H2,1-2H3,(H,11,12)/t4-,6+/m1/s1. The van der Waals surface area contributed by atoms with Gasteiger partial charge in [0.05, 0.1) is 6.10 Å². The van der Waals surface area contributed by atoms with Crippen LogP contribution in [-0.4, -0.2) is 52.7 Å². The fourth-order valence-corrected chi connectivity index (χ4v) is 0.742. The third kappa shape index (κ3) is 3.86. The van der Waals surface area contributed by atoms with Crippen molar-refractivity contribution in [1.82, 2.24) is 4.90 Å². The number of carboxylic acid groups (broad SMARTS) is 1. The first-order chi connectivity index (χ1) is 5.86. The summed E-state index contributed by atoms with van der Waals surface area (Å²) in [5.41, 5.74) is 5.30. The van der Waals surface area contributed by atoms with Crippen LogP contribution in [0.25, 0.3) is 0 Å². The molecule has 0 unspecified atom stereocenters. The molecule has 0 aliphatic carbocycles. The highest BCUT2D eigenvalue weighted by Gasteiger charge is 2.23. The second-order valence-corrected chi connectivity index (χ2v) is 2.85. The Hall–Kier alpha value is -1.14. The van der Waals surface area contributed by atoms with Gasteiger partial charge in [0.15, 0.2) is 0 Å². The van der Waals surface area contributed by atoms with E-state index in [9.17, 15) is 9.59 Å². The number of aliphatic hydroxyl groups is 1. The van der Waals surface area contributed by atoms with Gasteiger partial charge >= 0.3 is 5.97 Å². The molecule has 0 aliphatic heterocycles. The summed E-state index contributed by atoms with van der Waals surface area (Å²) >= 11 is 0. The van der Waals surface area contributed by atoms with Gasteiger partial charge in [0.2, 0.25) is 5.91 Å². The molecule has 1 amide bonds. The van der Waals surface area contributed by atoms with E-state index < -0.39 is 30.6 Å². The van der Waals surface area contributed by atoms with Gasteiger partial charge < -0.3 is 20.8 Å². The maximum Gasteiger partial charge on any atom is 0.323 e. The predicted molar refractivity (Wildman–Crippen MR) is 44.9 cm³/mol. The molecule has 0 aromatic carbocycles. The molecule has 0 radical (unpaired) electrons. The van der Waals surface area contributed by atoms with Crippen LogP contribution in [0.15, 0.2) is 0 Å². The zero-order valence-corrected chi connectivity index (χ0v) is 7.60. The van der Waals surface area contributed by atoms with E-state index in [-0.39, 0.29) is 0 Å². The molecule has 4 N–H and O–H groups in total. The van der Waals surface area contributed by atoms with Gasteiger partial charge in [-0.05, 0) is 6.92 Å². The molecule has 76 valence electrons. The van der Waals surface area contributed by atoms with E-state index in [2.05, 4.69) is 0 Å². The van der Waals surface area contributed by atoms with Crippen LogP contribution in [0, 0.1) is 0 Å². The number of nitrogens with zero attached hydrogens (tertiary/aromatic N) is 1. The molecule has 6 heteroatoms. The van der Waals surface area contributed by atoms with E-state index in [0.717, 1.165) is 4.90 Å². The molecule has 0 fully saturated rings. The van der Waals surface area contributed by atoms with Gasteiger partial charge in [-0.2, -0.15) is 0 Å². The van der Waals surface area contributed by atoms with E-state index in [1.807, 2.05) is 0 Å². The van der Waals surface area contributed by atoms with Crippen LogP contribution in [0.3, 0.4) is 0 Å². The largest absolute Gasteiger partial charge is 0.480 e. The lowest BCUT2D eigenvalue weighted by Gasteiger charge is -2.20. The number of carbonyl (C=O) groups is 2. The number of likely N-dealkylation sites (N-methyl/N-ethyl adjacent to an activating group) is 1. The third-order valence-electron chi connectivity index (χ3n) is 1.55. The number of hydrogen-bond acceptors (Lipinski definition) is 4. The molecule has 6 nitrogen and oxygen atoms in total. The summed E-state index contributed by atoms with van der Waals surface area (Å²) in [5, 5.41) is 17.3. The quantitative estimate of drug-likeness (QED) is 0.487. The van der Waals surface area contributed by atoms with Crippen molar-refractivity contribution >= 4 is 11.9 Å². The monoisotopic (exact) mass is 190 g/mol. The highest BCUT2D eigenvalue weighted by atomic mass is 16.4. The lowest BCUT2D eigenvalue weighted by molar-refractivity contribution is -0.144. The van der Waals surface area contributed by atoms with Crippen molar-refractivity contribution in [2.75, 3.05) is 13.6 Å². The van der Waals surface area contributed by atoms with Crippen molar-refractivity contribution < 1.29 is 19.8 Å². The van der Waals surface area contributed by atoms with Crippen LogP contribution in [-0.2, 0) is 9.59 Å². The second-order valence-electron chi connectivity index (χ2n) is 2.85. The average molecular weight is 190 g/mol. The summed E-state index contributed by atoms with van der Waals surface area (Å²) in [6, 6.07) is -1.07. The van der Waals surface area contributed by atoms with Crippen LogP contribution in [0.2, 0.25) is 0 Å². The van der Waals surface area contributed by atoms with E-state index in [4.69, 9.17) is 15.9 Å². The minimum absolute atomic E-state index is 0.417. The number of carbonyl (C=O) groups excluding carboxylic acids is 1. The van der Waals surface area contributed by atoms with Crippen LogP contribution in [0.5, 0.6) is 0 Å². The zero-order chi connectivity index (χ0) is 10.6. The van der Waals surface area contributed by atoms with Gasteiger partial charge in [-0.1, -0.05) is 0 Å². The molecular weight excluding hydrogens is 176 g/mol. The summed E-state index contributed by atoms with van der Waals surface area (Å²) in [6.45, 7) is 0.955. The summed E-state index contributed by atoms with van der Waals surface area (Å²) in [7, 11) is 1.32. The Morgan fingerprint density at radius 2 is 2.00 bits per heavy atom. The number of nitrogens with two attached hydrogens (primary N) is 1. The third-order valence-corrected chi connectivity index (χ3v) is 1.55. The highest BCUT2D eigenvalue weighted by Crippen LogP contribution is 1.94. The summed E-state index contributed by atoms with van der Waals surface area (Å²) in [6.07, 6.45) is -0.983. The summed E-state index contributed by atoms with van der Waals surface area (Å²) in [4.78, 5) is 22.4. The molecule has 0 saturated heterocycles. The first-order valence-corrected chi connectivity index (χ1v) is 3.76. The molecule has 2 atom stereocenters. The number of aliphatic carboxylic acids is 1. The second kappa shape index (κ2) is 4.78. The molecule has 0 aromatic rings. The molecule has 13 heavy (non-hydrogen) atoms. The highest BCUT2D eigenvalue weighted by molar-refractivity contribution is 5.85. The van der Waals surface area contributed by atoms with Gasteiger partial charge in [-0.25, -0.2) is 0 Å². The first kappa shape index (κ1) is 11.9. The molecule has 0 spiro atoms. The minimum Gasteiger partial charge on any atom is -0.480 e. The van der Waals surface area contributed by atoms with Crippen molar-refractivity contribution in [3.8, 4) is 0 Å². The van der Waals surface area contributed by atoms with Gasteiger partial charge in [0.1, 0.15) is 12.6 Å². The van der Waals surface area contributed by atoms with E-state index in [0.29, 0.717) is 0 Å². The van der Waals surface area contributed by atoms with Gasteiger partial charge in [-0.3, -0.25) is 9.59 Å². The normalized spacial score (nSPS) is 14.8. The summed E-state index contributed by atoms with van der Waals surface area (Å²) < 4.78 is 0. The fraction of sp³-hybridized carbons (Fsp3) is 0.714. The van der Waals surface area contributed by atoms with E-state index >= 15 is 0 Å². The molecular formula is C7H14N2O4. The van der Waals surface area contributed by atoms with Gasteiger partial charge in [0, 0.05) is 7.05 Å². The van der Waals surface area contributed by atoms with Crippen molar-refractivity contribution in [2.45, 2.75) is 19.1 Å². The molecule has 0 aromatic heterocycles. The van der Waals surface area contributed by atoms with Crippen molar-refractivity contribution in [3.63, 3.8) is 0 Å². The van der Waals surface area contributed by atoms with Crippen molar-refractivity contribution in [1.29, 1.82) is 0 Å². The first-order valence-electron chi connectivity index (χ1n) is 3.76. The Balaban J connectivity index is 4.17. The fourth-order valence-electron chi connectivity index (χ4n) is 0.742. The molecule has 0 bridgehead atoms. The molecule has 0 heterocycles. The minimum atomic E-state index is -1.12. The van der Waals surface area contributed by atoms with Crippen molar-refractivity contribution in [3.05, 3.63) is 0 Å². The Labute approximate surface area is 75.9 Å². The maximum atomic E-state index is 11.2. The number of amides is 1. The number of hydrogen-bond donors (Lipinski definition) is 3. The lowest BCUT2D eigenvalue weighted by atomic mass is 10.2. The molecule has 0 aliphatic rings. The average Bonchev–Trinajstić information content (AvgIpc) is 2.00. The zero-order valence-electron chi connectivity index (χ0n) is 7.60. The van der Waals surface area contributed by atoms with Gasteiger partial charge in [-0.15, -0.1) is 0 Å². The topological polar surface area (TPSA) is 104 Å².